The van der Waals surface area contributed by atoms with Crippen molar-refractivity contribution >= 4 is 36.2 Å². The zero-order valence-electron chi connectivity index (χ0n) is 17.6. The third kappa shape index (κ3) is 4.90. The quantitative estimate of drug-likeness (QED) is 0.434. The molecule has 6 heteroatoms. The number of anilines is 1. The molecule has 1 aromatic heterocycles. The molecule has 29 heavy (non-hydrogen) atoms. The molecule has 2 aromatic rings. The highest BCUT2D eigenvalue weighted by Crippen LogP contribution is 2.69. The van der Waals surface area contributed by atoms with Gasteiger partial charge in [-0.2, -0.15) is 0 Å². The predicted molar refractivity (Wildman–Crippen MR) is 124 cm³/mol. The molecular formula is C23H31NO3PS+. The smallest absolute Gasteiger partial charge is 0.350 e. The molecule has 3 rings (SSSR count). The van der Waals surface area contributed by atoms with Crippen molar-refractivity contribution in [1.29, 1.82) is 0 Å². The van der Waals surface area contributed by atoms with Gasteiger partial charge in [-0.05, 0) is 49.1 Å². The van der Waals surface area contributed by atoms with Crippen LogP contribution >= 0.6 is 18.6 Å². The van der Waals surface area contributed by atoms with Gasteiger partial charge < -0.3 is 10.1 Å². The molecule has 1 amide bonds. The van der Waals surface area contributed by atoms with Crippen molar-refractivity contribution < 1.29 is 14.3 Å². The second-order valence-electron chi connectivity index (χ2n) is 7.90. The van der Waals surface area contributed by atoms with Crippen LogP contribution in [-0.4, -0.2) is 37.0 Å². The minimum Gasteiger partial charge on any atom is -0.465 e. The number of carbonyl (C=O) groups excluding carboxylic acids is 2. The first-order valence-electron chi connectivity index (χ1n) is 10.4. The van der Waals surface area contributed by atoms with Crippen LogP contribution < -0.4 is 5.32 Å². The number of rotatable bonds is 7. The first-order chi connectivity index (χ1) is 14.0. The largest absolute Gasteiger partial charge is 0.465 e. The van der Waals surface area contributed by atoms with Crippen LogP contribution in [0.25, 0.3) is 0 Å². The van der Waals surface area contributed by atoms with E-state index >= 15 is 0 Å². The van der Waals surface area contributed by atoms with E-state index in [1.165, 1.54) is 55.6 Å². The number of methoxy groups -OCH3 is 1. The second-order valence-corrected chi connectivity index (χ2v) is 13.0. The molecule has 1 fully saturated rings. The van der Waals surface area contributed by atoms with Gasteiger partial charge in [0, 0.05) is 7.26 Å². The number of ether oxygens (including phenoxy) is 1. The van der Waals surface area contributed by atoms with E-state index in [-0.39, 0.29) is 11.6 Å². The minimum atomic E-state index is -1.48. The number of hydrogen-bond donors (Lipinski definition) is 1. The summed E-state index contributed by atoms with van der Waals surface area (Å²) in [7, 11) is -0.107. The van der Waals surface area contributed by atoms with Crippen molar-refractivity contribution in [2.24, 2.45) is 0 Å². The Morgan fingerprint density at radius 2 is 1.86 bits per heavy atom. The summed E-state index contributed by atoms with van der Waals surface area (Å²) in [6.07, 6.45) is 7.94. The number of hydrogen-bond acceptors (Lipinski definition) is 4. The molecule has 2 heterocycles. The number of esters is 1. The number of nitrogens with one attached hydrogen (secondary N) is 1. The maximum atomic E-state index is 13.5. The molecule has 0 radical (unpaired) electrons. The van der Waals surface area contributed by atoms with E-state index in [0.717, 1.165) is 18.1 Å². The summed E-state index contributed by atoms with van der Waals surface area (Å²) < 4.78 is 4.90. The Morgan fingerprint density at radius 3 is 2.48 bits per heavy atom. The van der Waals surface area contributed by atoms with Gasteiger partial charge in [0.05, 0.1) is 31.3 Å². The average molecular weight is 433 g/mol. The second kappa shape index (κ2) is 9.86. The normalized spacial score (nSPS) is 16.8. The van der Waals surface area contributed by atoms with Crippen LogP contribution in [0.15, 0.2) is 35.7 Å². The summed E-state index contributed by atoms with van der Waals surface area (Å²) >= 11 is 1.33. The van der Waals surface area contributed by atoms with Crippen LogP contribution in [0.4, 0.5) is 5.69 Å². The highest BCUT2D eigenvalue weighted by molar-refractivity contribution is 7.76. The van der Waals surface area contributed by atoms with E-state index in [1.54, 1.807) is 0 Å². The van der Waals surface area contributed by atoms with Gasteiger partial charge in [0.2, 0.25) is 0 Å². The fourth-order valence-corrected chi connectivity index (χ4v) is 10.8. The van der Waals surface area contributed by atoms with Gasteiger partial charge in [-0.1, -0.05) is 37.3 Å². The molecule has 1 unspecified atom stereocenters. The van der Waals surface area contributed by atoms with Crippen LogP contribution in [0.3, 0.4) is 0 Å². The SMILES string of the molecule is CCC(C(=O)Nc1c(C)csc1C(=O)OC)[P+]1(Cc2ccccc2)CCCCC1. The molecule has 1 aliphatic rings. The van der Waals surface area contributed by atoms with Crippen LogP contribution in [-0.2, 0) is 15.7 Å². The van der Waals surface area contributed by atoms with Gasteiger partial charge in [0.25, 0.3) is 5.91 Å². The molecule has 0 saturated carbocycles. The summed E-state index contributed by atoms with van der Waals surface area (Å²) in [4.78, 5) is 26.1. The fraction of sp³-hybridized carbons (Fsp3) is 0.478. The standard InChI is InChI=1S/C23H30NO3PS/c1-4-19(22(25)24-20-17(2)16-29-21(20)23(26)27-3)28(13-9-6-10-14-28)15-18-11-7-5-8-12-18/h5,7-8,11-12,16,19H,4,6,9-10,13-15H2,1-3H3/p+1. The van der Waals surface area contributed by atoms with Gasteiger partial charge in [0.1, 0.15) is 10.5 Å². The maximum Gasteiger partial charge on any atom is 0.350 e. The lowest BCUT2D eigenvalue weighted by Gasteiger charge is -2.36. The summed E-state index contributed by atoms with van der Waals surface area (Å²) in [5.74, 6) is -0.316. The number of amides is 1. The van der Waals surface area contributed by atoms with Gasteiger partial charge in [-0.25, -0.2) is 4.79 Å². The van der Waals surface area contributed by atoms with Gasteiger partial charge in [-0.15, -0.1) is 11.3 Å². The molecule has 1 atom stereocenters. The lowest BCUT2D eigenvalue weighted by Crippen LogP contribution is -2.34. The molecule has 0 spiro atoms. The highest BCUT2D eigenvalue weighted by Gasteiger charge is 2.49. The molecule has 1 aliphatic heterocycles. The van der Waals surface area contributed by atoms with Crippen molar-refractivity contribution in [2.75, 3.05) is 24.8 Å². The first-order valence-corrected chi connectivity index (χ1v) is 13.7. The first kappa shape index (κ1) is 22.0. The zero-order chi connectivity index (χ0) is 20.9. The van der Waals surface area contributed by atoms with E-state index in [9.17, 15) is 9.59 Å². The number of carbonyl (C=O) groups is 2. The average Bonchev–Trinajstić information content (AvgIpc) is 3.09. The topological polar surface area (TPSA) is 55.4 Å². The number of benzene rings is 1. The minimum absolute atomic E-state index is 0.0211. The molecule has 0 bridgehead atoms. The molecule has 0 aliphatic carbocycles. The predicted octanol–water partition coefficient (Wildman–Crippen LogP) is 5.96. The van der Waals surface area contributed by atoms with Crippen LogP contribution in [0.1, 0.15) is 53.4 Å². The summed E-state index contributed by atoms with van der Waals surface area (Å²) in [5, 5.41) is 5.03. The molecule has 156 valence electrons. The Bertz CT molecular complexity index is 843. The fourth-order valence-electron chi connectivity index (χ4n) is 4.54. The van der Waals surface area contributed by atoms with Gasteiger partial charge >= 0.3 is 5.97 Å². The third-order valence-electron chi connectivity index (χ3n) is 5.99. The summed E-state index contributed by atoms with van der Waals surface area (Å²) in [5.41, 5.74) is 2.90. The van der Waals surface area contributed by atoms with Crippen LogP contribution in [0.5, 0.6) is 0 Å². The summed E-state index contributed by atoms with van der Waals surface area (Å²) in [6, 6.07) is 10.6. The zero-order valence-corrected chi connectivity index (χ0v) is 19.3. The van der Waals surface area contributed by atoms with Crippen molar-refractivity contribution in [2.45, 2.75) is 51.4 Å². The Balaban J connectivity index is 1.88. The highest BCUT2D eigenvalue weighted by atomic mass is 32.1. The van der Waals surface area contributed by atoms with Gasteiger partial charge in [-0.3, -0.25) is 4.79 Å². The van der Waals surface area contributed by atoms with E-state index in [0.29, 0.717) is 10.6 Å². The van der Waals surface area contributed by atoms with Crippen molar-refractivity contribution in [1.82, 2.24) is 0 Å². The van der Waals surface area contributed by atoms with Crippen molar-refractivity contribution in [3.05, 3.63) is 51.7 Å². The van der Waals surface area contributed by atoms with Crippen molar-refractivity contribution in [3.8, 4) is 0 Å². The molecule has 1 N–H and O–H groups in total. The number of thiophene rings is 1. The Labute approximate surface area is 178 Å². The van der Waals surface area contributed by atoms with E-state index in [2.05, 4.69) is 36.5 Å². The Hall–Kier alpha value is -1.71. The van der Waals surface area contributed by atoms with E-state index in [4.69, 9.17) is 4.74 Å². The number of aryl methyl sites for hydroxylation is 1. The summed E-state index contributed by atoms with van der Waals surface area (Å²) in [6.45, 7) is 4.06. The lowest BCUT2D eigenvalue weighted by molar-refractivity contribution is -0.115. The van der Waals surface area contributed by atoms with Crippen molar-refractivity contribution in [3.63, 3.8) is 0 Å². The monoisotopic (exact) mass is 432 g/mol. The maximum absolute atomic E-state index is 13.5. The Kier molecular flexibility index (Phi) is 7.48. The van der Waals surface area contributed by atoms with E-state index in [1.807, 2.05) is 18.4 Å². The van der Waals surface area contributed by atoms with Crippen LogP contribution in [0, 0.1) is 6.92 Å². The molecular weight excluding hydrogens is 401 g/mol. The van der Waals surface area contributed by atoms with Gasteiger partial charge in [0.15, 0.2) is 0 Å². The Morgan fingerprint density at radius 1 is 1.17 bits per heavy atom. The lowest BCUT2D eigenvalue weighted by atomic mass is 10.2. The molecule has 4 nitrogen and oxygen atoms in total. The molecule has 1 saturated heterocycles. The van der Waals surface area contributed by atoms with E-state index < -0.39 is 13.2 Å². The third-order valence-corrected chi connectivity index (χ3v) is 12.4. The van der Waals surface area contributed by atoms with Crippen LogP contribution in [0.2, 0.25) is 0 Å². The molecule has 1 aromatic carbocycles.